The van der Waals surface area contributed by atoms with E-state index in [0.717, 1.165) is 23.4 Å². The predicted octanol–water partition coefficient (Wildman–Crippen LogP) is 3.01. The van der Waals surface area contributed by atoms with Crippen molar-refractivity contribution in [1.82, 2.24) is 9.62 Å². The number of carbonyl (C=O) groups is 1. The van der Waals surface area contributed by atoms with Gasteiger partial charge in [0.15, 0.2) is 11.6 Å². The summed E-state index contributed by atoms with van der Waals surface area (Å²) in [6.07, 6.45) is 1.39. The second-order valence-corrected chi connectivity index (χ2v) is 9.43. The first-order valence-electron chi connectivity index (χ1n) is 9.83. The van der Waals surface area contributed by atoms with Crippen LogP contribution in [0.2, 0.25) is 0 Å². The number of halogens is 2. The number of rotatable bonds is 4. The average Bonchev–Trinajstić information content (AvgIpc) is 2.76. The lowest BCUT2D eigenvalue weighted by atomic mass is 9.95. The monoisotopic (exact) mass is 436 g/mol. The number of nitrogens with zero attached hydrogens (tertiary/aromatic N) is 1. The topological polar surface area (TPSA) is 75.7 Å². The summed E-state index contributed by atoms with van der Waals surface area (Å²) in [5.74, 6) is -1.96. The third-order valence-corrected chi connectivity index (χ3v) is 7.52. The van der Waals surface area contributed by atoms with E-state index in [1.54, 1.807) is 0 Å². The molecule has 0 bridgehead atoms. The van der Waals surface area contributed by atoms with Crippen LogP contribution in [0.4, 0.5) is 8.78 Å². The van der Waals surface area contributed by atoms with E-state index in [-0.39, 0.29) is 35.9 Å². The highest BCUT2D eigenvalue weighted by Crippen LogP contribution is 2.32. The summed E-state index contributed by atoms with van der Waals surface area (Å²) in [5.41, 5.74) is 0.940. The van der Waals surface area contributed by atoms with Crippen LogP contribution in [-0.2, 0) is 14.8 Å². The van der Waals surface area contributed by atoms with Crippen LogP contribution in [0.1, 0.15) is 30.9 Å². The van der Waals surface area contributed by atoms with Crippen molar-refractivity contribution in [1.29, 1.82) is 0 Å². The molecule has 6 nitrogen and oxygen atoms in total. The van der Waals surface area contributed by atoms with Crippen molar-refractivity contribution < 1.29 is 26.7 Å². The molecule has 0 aromatic heterocycles. The summed E-state index contributed by atoms with van der Waals surface area (Å²) in [4.78, 5) is 12.5. The van der Waals surface area contributed by atoms with Gasteiger partial charge < -0.3 is 10.1 Å². The highest BCUT2D eigenvalue weighted by molar-refractivity contribution is 7.89. The van der Waals surface area contributed by atoms with E-state index < -0.39 is 21.7 Å². The number of ether oxygens (including phenoxy) is 1. The van der Waals surface area contributed by atoms with Crippen molar-refractivity contribution in [3.63, 3.8) is 0 Å². The predicted molar refractivity (Wildman–Crippen MR) is 105 cm³/mol. The highest BCUT2D eigenvalue weighted by atomic mass is 32.2. The molecule has 1 saturated heterocycles. The van der Waals surface area contributed by atoms with Gasteiger partial charge in [-0.25, -0.2) is 17.2 Å². The summed E-state index contributed by atoms with van der Waals surface area (Å²) in [6, 6.07) is 9.98. The van der Waals surface area contributed by atoms with Gasteiger partial charge in [-0.15, -0.1) is 0 Å². The quantitative estimate of drug-likeness (QED) is 0.800. The number of para-hydroxylation sites is 1. The Morgan fingerprint density at radius 3 is 2.50 bits per heavy atom. The maximum absolute atomic E-state index is 13.5. The standard InChI is InChI=1S/C21H22F2N2O4S/c22-17-6-5-15(13-18(17)23)30(27,28)25-10-7-14(8-11-25)21(26)24-19-9-12-29-20-4-2-1-3-16(19)20/h1-6,13-14,19H,7-12H2,(H,24,26). The molecule has 2 heterocycles. The zero-order valence-electron chi connectivity index (χ0n) is 16.2. The number of benzene rings is 2. The first-order valence-corrected chi connectivity index (χ1v) is 11.3. The van der Waals surface area contributed by atoms with E-state index in [1.807, 2.05) is 24.3 Å². The average molecular weight is 436 g/mol. The third kappa shape index (κ3) is 4.04. The maximum atomic E-state index is 13.5. The molecule has 1 unspecified atom stereocenters. The Hall–Kier alpha value is -2.52. The molecule has 0 saturated carbocycles. The molecule has 30 heavy (non-hydrogen) atoms. The van der Waals surface area contributed by atoms with Crippen LogP contribution < -0.4 is 10.1 Å². The Labute approximate surface area is 173 Å². The number of hydrogen-bond donors (Lipinski definition) is 1. The number of carbonyl (C=O) groups excluding carboxylic acids is 1. The summed E-state index contributed by atoms with van der Waals surface area (Å²) < 4.78 is 58.8. The van der Waals surface area contributed by atoms with Crippen LogP contribution >= 0.6 is 0 Å². The van der Waals surface area contributed by atoms with Crippen molar-refractivity contribution in [3.8, 4) is 5.75 Å². The largest absolute Gasteiger partial charge is 0.493 e. The van der Waals surface area contributed by atoms with Gasteiger partial charge in [0.1, 0.15) is 5.75 Å². The Bertz CT molecular complexity index is 1050. The molecule has 2 aliphatic heterocycles. The third-order valence-electron chi connectivity index (χ3n) is 5.63. The maximum Gasteiger partial charge on any atom is 0.243 e. The molecule has 0 aliphatic carbocycles. The second-order valence-electron chi connectivity index (χ2n) is 7.49. The summed E-state index contributed by atoms with van der Waals surface area (Å²) in [7, 11) is -3.94. The van der Waals surface area contributed by atoms with Crippen LogP contribution in [-0.4, -0.2) is 38.3 Å². The van der Waals surface area contributed by atoms with Crippen LogP contribution in [0.5, 0.6) is 5.75 Å². The van der Waals surface area contributed by atoms with Crippen LogP contribution in [0, 0.1) is 17.6 Å². The zero-order valence-corrected chi connectivity index (χ0v) is 17.0. The van der Waals surface area contributed by atoms with E-state index in [4.69, 9.17) is 4.74 Å². The molecule has 1 N–H and O–H groups in total. The van der Waals surface area contributed by atoms with E-state index in [2.05, 4.69) is 5.32 Å². The molecule has 0 spiro atoms. The minimum Gasteiger partial charge on any atom is -0.493 e. The van der Waals surface area contributed by atoms with Crippen molar-refractivity contribution in [2.24, 2.45) is 5.92 Å². The zero-order chi connectivity index (χ0) is 21.3. The minimum absolute atomic E-state index is 0.110. The number of amides is 1. The fourth-order valence-electron chi connectivity index (χ4n) is 3.93. The molecule has 2 aliphatic rings. The molecule has 9 heteroatoms. The molecule has 4 rings (SSSR count). The minimum atomic E-state index is -3.94. The number of hydrogen-bond acceptors (Lipinski definition) is 4. The second kappa shape index (κ2) is 8.31. The van der Waals surface area contributed by atoms with Gasteiger partial charge in [-0.3, -0.25) is 4.79 Å². The highest BCUT2D eigenvalue weighted by Gasteiger charge is 2.34. The van der Waals surface area contributed by atoms with Gasteiger partial charge in [0.2, 0.25) is 15.9 Å². The van der Waals surface area contributed by atoms with Gasteiger partial charge in [-0.1, -0.05) is 18.2 Å². The first kappa shape index (κ1) is 20.7. The van der Waals surface area contributed by atoms with Crippen molar-refractivity contribution in [2.45, 2.75) is 30.2 Å². The fourth-order valence-corrected chi connectivity index (χ4v) is 5.41. The van der Waals surface area contributed by atoms with Gasteiger partial charge >= 0.3 is 0 Å². The number of sulfonamides is 1. The SMILES string of the molecule is O=C(NC1CCOc2ccccc21)C1CCN(S(=O)(=O)c2ccc(F)c(F)c2)CC1. The molecule has 0 radical (unpaired) electrons. The number of nitrogens with one attached hydrogen (secondary N) is 1. The molecule has 2 aromatic rings. The van der Waals surface area contributed by atoms with Gasteiger partial charge in [-0.05, 0) is 37.1 Å². The molecular weight excluding hydrogens is 414 g/mol. The Kier molecular flexibility index (Phi) is 5.75. The lowest BCUT2D eigenvalue weighted by Crippen LogP contribution is -2.44. The number of fused-ring (bicyclic) bond motifs is 1. The fraction of sp³-hybridized carbons (Fsp3) is 0.381. The smallest absolute Gasteiger partial charge is 0.243 e. The lowest BCUT2D eigenvalue weighted by Gasteiger charge is -2.32. The Morgan fingerprint density at radius 1 is 1.03 bits per heavy atom. The van der Waals surface area contributed by atoms with Gasteiger partial charge in [0.05, 0.1) is 17.5 Å². The molecular formula is C21H22F2N2O4S. The molecule has 1 fully saturated rings. The Balaban J connectivity index is 1.39. The molecule has 160 valence electrons. The van der Waals surface area contributed by atoms with Crippen molar-refractivity contribution in [2.75, 3.05) is 19.7 Å². The summed E-state index contributed by atoms with van der Waals surface area (Å²) in [5, 5.41) is 3.07. The lowest BCUT2D eigenvalue weighted by molar-refractivity contribution is -0.127. The van der Waals surface area contributed by atoms with Gasteiger partial charge in [-0.2, -0.15) is 4.31 Å². The first-order chi connectivity index (χ1) is 14.4. The Morgan fingerprint density at radius 2 is 1.77 bits per heavy atom. The van der Waals surface area contributed by atoms with E-state index in [0.29, 0.717) is 31.9 Å². The van der Waals surface area contributed by atoms with Gasteiger partial charge in [0.25, 0.3) is 0 Å². The molecule has 1 amide bonds. The van der Waals surface area contributed by atoms with Gasteiger partial charge in [0, 0.05) is 31.0 Å². The van der Waals surface area contributed by atoms with Crippen LogP contribution in [0.3, 0.4) is 0 Å². The summed E-state index contributed by atoms with van der Waals surface area (Å²) in [6.45, 7) is 0.806. The van der Waals surface area contributed by atoms with Crippen molar-refractivity contribution >= 4 is 15.9 Å². The normalized spacial score (nSPS) is 20.3. The van der Waals surface area contributed by atoms with Crippen molar-refractivity contribution in [3.05, 3.63) is 59.7 Å². The summed E-state index contributed by atoms with van der Waals surface area (Å²) >= 11 is 0. The molecule has 1 atom stereocenters. The molecule has 2 aromatic carbocycles. The van der Waals surface area contributed by atoms with E-state index >= 15 is 0 Å². The van der Waals surface area contributed by atoms with Crippen LogP contribution in [0.15, 0.2) is 47.4 Å². The van der Waals surface area contributed by atoms with Crippen LogP contribution in [0.25, 0.3) is 0 Å². The van der Waals surface area contributed by atoms with E-state index in [9.17, 15) is 22.0 Å². The van der Waals surface area contributed by atoms with E-state index in [1.165, 1.54) is 4.31 Å². The number of piperidine rings is 1.